The molecule has 2 aromatic rings. The molecule has 0 unspecified atom stereocenters. The number of rotatable bonds is 4. The number of aryl methyl sites for hydroxylation is 1. The minimum atomic E-state index is -3.87. The number of carbonyl (C=O) groups is 1. The number of sulfone groups is 1. The average Bonchev–Trinajstić information content (AvgIpc) is 2.74. The highest BCUT2D eigenvalue weighted by atomic mass is 32.2. The lowest BCUT2D eigenvalue weighted by Crippen LogP contribution is -2.09. The Balaban J connectivity index is 2.42. The molecular formula is C11H9FN2O5S. The summed E-state index contributed by atoms with van der Waals surface area (Å²) in [4.78, 5) is 10.5. The van der Waals surface area contributed by atoms with E-state index in [0.29, 0.717) is 5.69 Å². The summed E-state index contributed by atoms with van der Waals surface area (Å²) in [6.45, 7) is 1.52. The summed E-state index contributed by atoms with van der Waals surface area (Å²) in [7, 11) is -3.87. The minimum absolute atomic E-state index is 0.117. The molecule has 0 aliphatic heterocycles. The van der Waals surface area contributed by atoms with Gasteiger partial charge in [-0.15, -0.1) is 0 Å². The van der Waals surface area contributed by atoms with Crippen molar-refractivity contribution >= 4 is 15.8 Å². The summed E-state index contributed by atoms with van der Waals surface area (Å²) in [6, 6.07) is 2.57. The van der Waals surface area contributed by atoms with Crippen LogP contribution in [-0.2, 0) is 15.6 Å². The number of aromatic nitrogens is 2. The average molecular weight is 300 g/mol. The molecule has 0 aliphatic rings. The van der Waals surface area contributed by atoms with Crippen LogP contribution in [0.5, 0.6) is 0 Å². The van der Waals surface area contributed by atoms with E-state index in [2.05, 4.69) is 14.9 Å². The van der Waals surface area contributed by atoms with Gasteiger partial charge in [-0.3, -0.25) is 0 Å². The maximum Gasteiger partial charge on any atom is 0.338 e. The van der Waals surface area contributed by atoms with Crippen molar-refractivity contribution in [2.45, 2.75) is 17.6 Å². The Kier molecular flexibility index (Phi) is 3.53. The molecule has 7 nitrogen and oxygen atoms in total. The number of hydrogen-bond acceptors (Lipinski definition) is 6. The molecule has 9 heteroatoms. The van der Waals surface area contributed by atoms with Gasteiger partial charge in [0.05, 0.1) is 10.5 Å². The monoisotopic (exact) mass is 300 g/mol. The second-order valence-electron chi connectivity index (χ2n) is 4.00. The largest absolute Gasteiger partial charge is 0.478 e. The minimum Gasteiger partial charge on any atom is -0.478 e. The number of aromatic carboxylic acids is 1. The van der Waals surface area contributed by atoms with Gasteiger partial charge in [0.25, 0.3) is 0 Å². The van der Waals surface area contributed by atoms with Crippen molar-refractivity contribution in [3.63, 3.8) is 0 Å². The number of carboxylic acid groups (broad SMARTS) is 1. The molecule has 0 aliphatic carbocycles. The van der Waals surface area contributed by atoms with E-state index in [0.717, 1.165) is 18.2 Å². The second kappa shape index (κ2) is 5.00. The number of benzene rings is 1. The normalized spacial score (nSPS) is 11.5. The summed E-state index contributed by atoms with van der Waals surface area (Å²) in [6.07, 6.45) is 0. The lowest BCUT2D eigenvalue weighted by molar-refractivity contribution is 0.0691. The molecule has 1 aromatic heterocycles. The van der Waals surface area contributed by atoms with E-state index in [4.69, 9.17) is 5.11 Å². The summed E-state index contributed by atoms with van der Waals surface area (Å²) < 4.78 is 41.9. The first-order valence-corrected chi connectivity index (χ1v) is 7.00. The predicted molar refractivity (Wildman–Crippen MR) is 63.3 cm³/mol. The zero-order chi connectivity index (χ0) is 14.9. The standard InChI is InChI=1S/C11H9FN2O5S/c1-6-10(14-19-13-6)5-20(17,18)7-2-3-9(12)8(4-7)11(15)16/h2-4H,5H2,1H3,(H,15,16). The van der Waals surface area contributed by atoms with Gasteiger partial charge < -0.3 is 5.11 Å². The van der Waals surface area contributed by atoms with Gasteiger partial charge in [0.2, 0.25) is 0 Å². The van der Waals surface area contributed by atoms with Crippen molar-refractivity contribution < 1.29 is 27.3 Å². The van der Waals surface area contributed by atoms with E-state index >= 15 is 0 Å². The Bertz CT molecular complexity index is 769. The van der Waals surface area contributed by atoms with Gasteiger partial charge >= 0.3 is 5.97 Å². The van der Waals surface area contributed by atoms with Crippen LogP contribution in [0.15, 0.2) is 27.7 Å². The fraction of sp³-hybridized carbons (Fsp3) is 0.182. The molecule has 0 atom stereocenters. The molecule has 0 bridgehead atoms. The fourth-order valence-corrected chi connectivity index (χ4v) is 2.87. The lowest BCUT2D eigenvalue weighted by atomic mass is 10.2. The summed E-state index contributed by atoms with van der Waals surface area (Å²) in [5.41, 5.74) is -0.276. The summed E-state index contributed by atoms with van der Waals surface area (Å²) in [5, 5.41) is 15.7. The third-order valence-corrected chi connectivity index (χ3v) is 4.23. The molecule has 1 heterocycles. The van der Waals surface area contributed by atoms with Crippen LogP contribution in [0.2, 0.25) is 0 Å². The van der Waals surface area contributed by atoms with Gasteiger partial charge in [0.1, 0.15) is 23.0 Å². The van der Waals surface area contributed by atoms with Crippen molar-refractivity contribution in [2.75, 3.05) is 0 Å². The molecule has 0 amide bonds. The van der Waals surface area contributed by atoms with E-state index < -0.39 is 32.9 Å². The fourth-order valence-electron chi connectivity index (χ4n) is 1.51. The van der Waals surface area contributed by atoms with Gasteiger partial charge in [-0.1, -0.05) is 10.3 Å². The predicted octanol–water partition coefficient (Wildman–Crippen LogP) is 1.19. The zero-order valence-electron chi connectivity index (χ0n) is 10.2. The maximum atomic E-state index is 13.2. The Morgan fingerprint density at radius 1 is 1.40 bits per heavy atom. The van der Waals surface area contributed by atoms with Crippen LogP contribution in [0, 0.1) is 12.7 Å². The van der Waals surface area contributed by atoms with Crippen molar-refractivity contribution in [2.24, 2.45) is 0 Å². The summed E-state index contributed by atoms with van der Waals surface area (Å²) in [5.74, 6) is -3.05. The van der Waals surface area contributed by atoms with Crippen LogP contribution in [0.3, 0.4) is 0 Å². The highest BCUT2D eigenvalue weighted by molar-refractivity contribution is 7.90. The van der Waals surface area contributed by atoms with Crippen LogP contribution in [-0.4, -0.2) is 29.8 Å². The quantitative estimate of drug-likeness (QED) is 0.844. The molecule has 2 rings (SSSR count). The molecule has 0 radical (unpaired) electrons. The van der Waals surface area contributed by atoms with Crippen LogP contribution >= 0.6 is 0 Å². The molecule has 0 saturated carbocycles. The van der Waals surface area contributed by atoms with Gasteiger partial charge in [-0.2, -0.15) is 0 Å². The molecule has 0 spiro atoms. The smallest absolute Gasteiger partial charge is 0.338 e. The Morgan fingerprint density at radius 3 is 2.65 bits per heavy atom. The van der Waals surface area contributed by atoms with Gasteiger partial charge in [0, 0.05) is 0 Å². The first kappa shape index (κ1) is 14.1. The summed E-state index contributed by atoms with van der Waals surface area (Å²) >= 11 is 0. The molecule has 1 aromatic carbocycles. The van der Waals surface area contributed by atoms with Gasteiger partial charge in [-0.05, 0) is 25.1 Å². The number of halogens is 1. The molecule has 1 N–H and O–H groups in total. The van der Waals surface area contributed by atoms with Crippen molar-refractivity contribution in [3.8, 4) is 0 Å². The van der Waals surface area contributed by atoms with E-state index in [1.165, 1.54) is 6.92 Å². The maximum absolute atomic E-state index is 13.2. The Hall–Kier alpha value is -2.29. The van der Waals surface area contributed by atoms with Crippen LogP contribution in [0.4, 0.5) is 4.39 Å². The molecule has 0 fully saturated rings. The topological polar surface area (TPSA) is 110 Å². The van der Waals surface area contributed by atoms with Gasteiger partial charge in [0.15, 0.2) is 9.84 Å². The first-order chi connectivity index (χ1) is 9.31. The number of hydrogen-bond donors (Lipinski definition) is 1. The number of carboxylic acids is 1. The van der Waals surface area contributed by atoms with Gasteiger partial charge in [-0.25, -0.2) is 22.2 Å². The number of nitrogens with zero attached hydrogens (tertiary/aromatic N) is 2. The molecule has 20 heavy (non-hydrogen) atoms. The highest BCUT2D eigenvalue weighted by Crippen LogP contribution is 2.20. The Morgan fingerprint density at radius 2 is 2.10 bits per heavy atom. The molecule has 0 saturated heterocycles. The first-order valence-electron chi connectivity index (χ1n) is 5.35. The van der Waals surface area contributed by atoms with Crippen LogP contribution in [0.1, 0.15) is 21.7 Å². The molecular weight excluding hydrogens is 291 g/mol. The van der Waals surface area contributed by atoms with E-state index in [-0.39, 0.29) is 10.6 Å². The van der Waals surface area contributed by atoms with E-state index in [1.807, 2.05) is 0 Å². The van der Waals surface area contributed by atoms with Crippen LogP contribution < -0.4 is 0 Å². The lowest BCUT2D eigenvalue weighted by Gasteiger charge is -2.04. The third kappa shape index (κ3) is 2.67. The zero-order valence-corrected chi connectivity index (χ0v) is 11.0. The van der Waals surface area contributed by atoms with Crippen molar-refractivity contribution in [3.05, 3.63) is 41.0 Å². The highest BCUT2D eigenvalue weighted by Gasteiger charge is 2.22. The third-order valence-electron chi connectivity index (χ3n) is 2.60. The second-order valence-corrected chi connectivity index (χ2v) is 5.99. The molecule has 106 valence electrons. The Labute approximate surface area is 112 Å². The van der Waals surface area contributed by atoms with Crippen molar-refractivity contribution in [1.29, 1.82) is 0 Å². The van der Waals surface area contributed by atoms with Crippen LogP contribution in [0.25, 0.3) is 0 Å². The SMILES string of the molecule is Cc1nonc1CS(=O)(=O)c1ccc(F)c(C(=O)O)c1. The van der Waals surface area contributed by atoms with Crippen molar-refractivity contribution in [1.82, 2.24) is 10.3 Å². The van der Waals surface area contributed by atoms with E-state index in [9.17, 15) is 17.6 Å². The van der Waals surface area contributed by atoms with E-state index in [1.54, 1.807) is 0 Å².